The number of nitrogens with zero attached hydrogens (tertiary/aromatic N) is 3. The number of methoxy groups -OCH3 is 1. The topological polar surface area (TPSA) is 92.0 Å². The molecule has 0 aliphatic rings. The summed E-state index contributed by atoms with van der Waals surface area (Å²) in [6.45, 7) is 7.60. The Kier molecular flexibility index (Phi) is 8.33. The van der Waals surface area contributed by atoms with Crippen molar-refractivity contribution in [3.63, 3.8) is 0 Å². The van der Waals surface area contributed by atoms with Gasteiger partial charge in [0, 0.05) is 10.4 Å². The Morgan fingerprint density at radius 3 is 2.65 bits per heavy atom. The van der Waals surface area contributed by atoms with Crippen molar-refractivity contribution in [3.05, 3.63) is 61.6 Å². The zero-order valence-corrected chi connectivity index (χ0v) is 21.8. The number of halogens is 2. The van der Waals surface area contributed by atoms with Crippen LogP contribution in [0.4, 0.5) is 0 Å². The summed E-state index contributed by atoms with van der Waals surface area (Å²) >= 11 is 9.85. The molecule has 0 unspecified atom stereocenters. The van der Waals surface area contributed by atoms with Crippen LogP contribution in [-0.2, 0) is 9.53 Å². The number of carbonyl (C=O) groups is 1. The molecule has 2 aromatic carbocycles. The van der Waals surface area contributed by atoms with E-state index in [1.807, 2.05) is 26.8 Å². The van der Waals surface area contributed by atoms with E-state index >= 15 is 0 Å². The molecule has 0 bridgehead atoms. The van der Waals surface area contributed by atoms with Gasteiger partial charge in [-0.25, -0.2) is 9.78 Å². The first-order valence-electron chi connectivity index (χ1n) is 10.6. The summed E-state index contributed by atoms with van der Waals surface area (Å²) in [5.74, 6) is 0.496. The zero-order chi connectivity index (χ0) is 25.0. The van der Waals surface area contributed by atoms with Crippen LogP contribution in [0.2, 0.25) is 5.02 Å². The van der Waals surface area contributed by atoms with E-state index in [1.54, 1.807) is 31.2 Å². The molecule has 10 heteroatoms. The first kappa shape index (κ1) is 25.7. The lowest BCUT2D eigenvalue weighted by Crippen LogP contribution is -2.25. The van der Waals surface area contributed by atoms with Crippen LogP contribution >= 0.6 is 27.5 Å². The summed E-state index contributed by atoms with van der Waals surface area (Å²) in [6.07, 6.45) is 0.622. The third kappa shape index (κ3) is 5.59. The van der Waals surface area contributed by atoms with Gasteiger partial charge in [0.15, 0.2) is 17.6 Å². The lowest BCUT2D eigenvalue weighted by atomic mass is 10.2. The summed E-state index contributed by atoms with van der Waals surface area (Å²) in [4.78, 5) is 29.6. The van der Waals surface area contributed by atoms with Crippen LogP contribution in [0.15, 0.2) is 44.7 Å². The maximum Gasteiger partial charge on any atom is 0.346 e. The lowest BCUT2D eigenvalue weighted by molar-refractivity contribution is -0.147. The van der Waals surface area contributed by atoms with Gasteiger partial charge in [0.05, 0.1) is 35.9 Å². The van der Waals surface area contributed by atoms with Gasteiger partial charge in [0.2, 0.25) is 0 Å². The molecule has 1 heterocycles. The van der Waals surface area contributed by atoms with E-state index in [0.29, 0.717) is 34.6 Å². The van der Waals surface area contributed by atoms with Crippen molar-refractivity contribution >= 4 is 50.6 Å². The second-order valence-corrected chi connectivity index (χ2v) is 9.02. The van der Waals surface area contributed by atoms with Gasteiger partial charge in [-0.3, -0.25) is 4.79 Å². The Labute approximate surface area is 210 Å². The van der Waals surface area contributed by atoms with Crippen molar-refractivity contribution in [2.75, 3.05) is 13.7 Å². The number of aromatic nitrogens is 2. The van der Waals surface area contributed by atoms with E-state index in [9.17, 15) is 9.59 Å². The van der Waals surface area contributed by atoms with Crippen LogP contribution in [0.25, 0.3) is 10.9 Å². The molecule has 3 aromatic rings. The second-order valence-electron chi connectivity index (χ2n) is 7.69. The third-order valence-corrected chi connectivity index (χ3v) is 5.61. The molecule has 34 heavy (non-hydrogen) atoms. The summed E-state index contributed by atoms with van der Waals surface area (Å²) in [7, 11) is 1.28. The van der Waals surface area contributed by atoms with E-state index in [2.05, 4.69) is 26.0 Å². The molecule has 0 amide bonds. The molecular weight excluding hydrogens is 526 g/mol. The van der Waals surface area contributed by atoms with Crippen LogP contribution in [0.3, 0.4) is 0 Å². The lowest BCUT2D eigenvalue weighted by Gasteiger charge is -2.17. The third-order valence-electron chi connectivity index (χ3n) is 4.83. The predicted molar refractivity (Wildman–Crippen MR) is 136 cm³/mol. The molecule has 0 fully saturated rings. The number of ether oxygens (including phenoxy) is 3. The molecule has 0 aliphatic heterocycles. The molecule has 0 radical (unpaired) electrons. The normalized spacial score (nSPS) is 12.4. The number of rotatable bonds is 8. The summed E-state index contributed by atoms with van der Waals surface area (Å²) in [5, 5.41) is 5.09. The van der Waals surface area contributed by atoms with Crippen molar-refractivity contribution in [2.24, 2.45) is 5.10 Å². The number of carbonyl (C=O) groups excluding carboxylic acids is 1. The number of esters is 1. The smallest absolute Gasteiger partial charge is 0.346 e. The average molecular weight is 551 g/mol. The van der Waals surface area contributed by atoms with Gasteiger partial charge < -0.3 is 14.2 Å². The van der Waals surface area contributed by atoms with Gasteiger partial charge >= 0.3 is 5.97 Å². The SMILES string of the molecule is CCOc1cc(C=Nn2c(C(C)C)nc3ccc(Br)cc3c2=O)cc(Cl)c1O[C@@H](C)C(=O)OC. The fourth-order valence-electron chi connectivity index (χ4n) is 3.21. The molecule has 1 aromatic heterocycles. The highest BCUT2D eigenvalue weighted by Crippen LogP contribution is 2.37. The van der Waals surface area contributed by atoms with Crippen molar-refractivity contribution in [1.29, 1.82) is 0 Å². The molecule has 0 aliphatic carbocycles. The van der Waals surface area contributed by atoms with Gasteiger partial charge in [-0.15, -0.1) is 0 Å². The molecule has 3 rings (SSSR count). The van der Waals surface area contributed by atoms with Crippen molar-refractivity contribution in [3.8, 4) is 11.5 Å². The molecule has 0 spiro atoms. The number of benzene rings is 2. The second kappa shape index (κ2) is 11.0. The summed E-state index contributed by atoms with van der Waals surface area (Å²) in [5.41, 5.74) is 0.892. The standard InChI is InChI=1S/C24H25BrClN3O5/c1-6-33-20-10-15(9-18(26)21(20)34-14(4)24(31)32-5)12-27-29-22(13(2)3)28-19-8-7-16(25)11-17(19)23(29)30/h7-14H,6H2,1-5H3/t14-/m0/s1. The minimum absolute atomic E-state index is 0.0453. The first-order chi connectivity index (χ1) is 16.2. The van der Waals surface area contributed by atoms with Crippen LogP contribution in [-0.4, -0.2) is 41.7 Å². The van der Waals surface area contributed by atoms with Gasteiger partial charge in [-0.05, 0) is 49.7 Å². The largest absolute Gasteiger partial charge is 0.490 e. The van der Waals surface area contributed by atoms with Gasteiger partial charge in [0.25, 0.3) is 5.56 Å². The van der Waals surface area contributed by atoms with Gasteiger partial charge in [-0.1, -0.05) is 41.4 Å². The molecule has 0 saturated carbocycles. The molecular formula is C24H25BrClN3O5. The minimum atomic E-state index is -0.878. The molecule has 180 valence electrons. The van der Waals surface area contributed by atoms with Crippen LogP contribution in [0, 0.1) is 0 Å². The Balaban J connectivity index is 2.07. The summed E-state index contributed by atoms with van der Waals surface area (Å²) in [6, 6.07) is 8.64. The minimum Gasteiger partial charge on any atom is -0.490 e. The van der Waals surface area contributed by atoms with E-state index in [1.165, 1.54) is 18.0 Å². The number of fused-ring (bicyclic) bond motifs is 1. The van der Waals surface area contributed by atoms with E-state index in [4.69, 9.17) is 25.8 Å². The van der Waals surface area contributed by atoms with Crippen LogP contribution < -0.4 is 15.0 Å². The highest BCUT2D eigenvalue weighted by Gasteiger charge is 2.21. The predicted octanol–water partition coefficient (Wildman–Crippen LogP) is 5.16. The summed E-state index contributed by atoms with van der Waals surface area (Å²) < 4.78 is 18.1. The highest BCUT2D eigenvalue weighted by atomic mass is 79.9. The molecule has 0 saturated heterocycles. The Bertz CT molecular complexity index is 1310. The maximum atomic E-state index is 13.2. The maximum absolute atomic E-state index is 13.2. The van der Waals surface area contributed by atoms with Gasteiger partial charge in [0.1, 0.15) is 5.82 Å². The number of hydrogen-bond donors (Lipinski definition) is 0. The average Bonchev–Trinajstić information content (AvgIpc) is 2.80. The van der Waals surface area contributed by atoms with E-state index in [-0.39, 0.29) is 22.2 Å². The first-order valence-corrected chi connectivity index (χ1v) is 11.8. The van der Waals surface area contributed by atoms with Gasteiger partial charge in [-0.2, -0.15) is 9.78 Å². The molecule has 0 N–H and O–H groups in total. The Morgan fingerprint density at radius 2 is 2.00 bits per heavy atom. The Morgan fingerprint density at radius 1 is 1.26 bits per heavy atom. The quantitative estimate of drug-likeness (QED) is 0.284. The Hall–Kier alpha value is -2.91. The fourth-order valence-corrected chi connectivity index (χ4v) is 3.83. The molecule has 8 nitrogen and oxygen atoms in total. The van der Waals surface area contributed by atoms with Crippen LogP contribution in [0.5, 0.6) is 11.5 Å². The van der Waals surface area contributed by atoms with Crippen molar-refractivity contribution < 1.29 is 19.0 Å². The fraction of sp³-hybridized carbons (Fsp3) is 0.333. The van der Waals surface area contributed by atoms with E-state index < -0.39 is 12.1 Å². The monoisotopic (exact) mass is 549 g/mol. The number of hydrogen-bond acceptors (Lipinski definition) is 7. The highest BCUT2D eigenvalue weighted by molar-refractivity contribution is 9.10. The van der Waals surface area contributed by atoms with Crippen LogP contribution in [0.1, 0.15) is 45.0 Å². The van der Waals surface area contributed by atoms with E-state index in [0.717, 1.165) is 4.47 Å². The van der Waals surface area contributed by atoms with Crippen molar-refractivity contribution in [1.82, 2.24) is 9.66 Å². The molecule has 1 atom stereocenters. The zero-order valence-electron chi connectivity index (χ0n) is 19.5. The van der Waals surface area contributed by atoms with Crippen molar-refractivity contribution in [2.45, 2.75) is 39.7 Å².